The molecule has 0 aromatic heterocycles. The molecular weight excluding hydrogens is 346 g/mol. The van der Waals surface area contributed by atoms with Gasteiger partial charge in [0.05, 0.1) is 0 Å². The van der Waals surface area contributed by atoms with Gasteiger partial charge in [-0.3, -0.25) is 0 Å². The highest BCUT2D eigenvalue weighted by Crippen LogP contribution is 2.20. The Hall–Kier alpha value is -2.59. The Morgan fingerprint density at radius 2 is 1.71 bits per heavy atom. The van der Waals surface area contributed by atoms with Gasteiger partial charge in [0.25, 0.3) is 0 Å². The van der Waals surface area contributed by atoms with Crippen LogP contribution in [0.1, 0.15) is 29.5 Å². The lowest BCUT2D eigenvalue weighted by molar-refractivity contribution is 0.207. The molecule has 2 aromatic carbocycles. The van der Waals surface area contributed by atoms with Crippen molar-refractivity contribution in [3.63, 3.8) is 0 Å². The van der Waals surface area contributed by atoms with Gasteiger partial charge in [0, 0.05) is 25.3 Å². The summed E-state index contributed by atoms with van der Waals surface area (Å²) in [6.07, 6.45) is 6.68. The third-order valence-electron chi connectivity index (χ3n) is 5.32. The van der Waals surface area contributed by atoms with Crippen molar-refractivity contribution >= 4 is 17.8 Å². The number of nitrogens with one attached hydrogen (secondary N) is 1. The minimum Gasteiger partial charge on any atom is -0.320 e. The Labute approximate surface area is 168 Å². The first-order valence-electron chi connectivity index (χ1n) is 10.2. The summed E-state index contributed by atoms with van der Waals surface area (Å²) in [4.78, 5) is 17.4. The lowest BCUT2D eigenvalue weighted by atomic mass is 10.1. The molecule has 1 N–H and O–H groups in total. The largest absolute Gasteiger partial charge is 0.322 e. The molecule has 0 saturated carbocycles. The molecule has 1 heterocycles. The first kappa shape index (κ1) is 20.2. The molecule has 0 aliphatic carbocycles. The number of hydrogen-bond donors (Lipinski definition) is 1. The number of hydrogen-bond acceptors (Lipinski definition) is 2. The average Bonchev–Trinajstić information content (AvgIpc) is 3.22. The number of urea groups is 1. The number of amides is 2. The summed E-state index contributed by atoms with van der Waals surface area (Å²) in [7, 11) is 0. The van der Waals surface area contributed by atoms with Crippen LogP contribution in [0.3, 0.4) is 0 Å². The Balaban J connectivity index is 1.66. The molecule has 1 saturated heterocycles. The maximum Gasteiger partial charge on any atom is 0.322 e. The summed E-state index contributed by atoms with van der Waals surface area (Å²) in [6, 6.07) is 16.3. The highest BCUT2D eigenvalue weighted by atomic mass is 16.2. The Bertz CT molecular complexity index is 775. The zero-order valence-corrected chi connectivity index (χ0v) is 17.0. The quantitative estimate of drug-likeness (QED) is 0.741. The van der Waals surface area contributed by atoms with E-state index in [0.29, 0.717) is 6.54 Å². The molecule has 1 fully saturated rings. The van der Waals surface area contributed by atoms with Crippen LogP contribution in [0.25, 0.3) is 6.08 Å². The molecule has 3 rings (SSSR count). The van der Waals surface area contributed by atoms with Gasteiger partial charge in [-0.1, -0.05) is 60.7 Å². The number of likely N-dealkylation sites (tertiary alicyclic amines) is 1. The van der Waals surface area contributed by atoms with Crippen LogP contribution < -0.4 is 5.32 Å². The zero-order valence-electron chi connectivity index (χ0n) is 17.0. The molecule has 0 spiro atoms. The SMILES string of the molecule is Cc1cccc(C)c1NC(=O)N(C/C=C/c1ccccc1)CCN1CCCC1. The van der Waals surface area contributed by atoms with E-state index in [1.54, 1.807) is 0 Å². The van der Waals surface area contributed by atoms with Gasteiger partial charge in [-0.2, -0.15) is 0 Å². The van der Waals surface area contributed by atoms with Crippen molar-refractivity contribution in [1.82, 2.24) is 9.80 Å². The summed E-state index contributed by atoms with van der Waals surface area (Å²) in [6.45, 7) is 8.62. The molecule has 148 valence electrons. The second-order valence-electron chi connectivity index (χ2n) is 7.50. The van der Waals surface area contributed by atoms with Crippen LogP contribution in [0.15, 0.2) is 54.6 Å². The van der Waals surface area contributed by atoms with Crippen LogP contribution in [0, 0.1) is 13.8 Å². The predicted molar refractivity (Wildman–Crippen MR) is 118 cm³/mol. The van der Waals surface area contributed by atoms with Gasteiger partial charge in [-0.05, 0) is 56.5 Å². The summed E-state index contributed by atoms with van der Waals surface area (Å²) in [5.41, 5.74) is 4.25. The van der Waals surface area contributed by atoms with E-state index < -0.39 is 0 Å². The van der Waals surface area contributed by atoms with Gasteiger partial charge in [0.2, 0.25) is 0 Å². The van der Waals surface area contributed by atoms with Gasteiger partial charge in [-0.15, -0.1) is 0 Å². The van der Waals surface area contributed by atoms with E-state index in [0.717, 1.165) is 48.6 Å². The standard InChI is InChI=1S/C24H31N3O/c1-20-10-8-11-21(2)23(20)25-24(28)27(19-18-26-15-6-7-16-26)17-9-14-22-12-4-3-5-13-22/h3-5,8-14H,6-7,15-19H2,1-2H3,(H,25,28)/b14-9+. The highest BCUT2D eigenvalue weighted by molar-refractivity contribution is 5.91. The van der Waals surface area contributed by atoms with Gasteiger partial charge >= 0.3 is 6.03 Å². The molecule has 4 nitrogen and oxygen atoms in total. The van der Waals surface area contributed by atoms with Crippen LogP contribution >= 0.6 is 0 Å². The molecule has 0 atom stereocenters. The molecular formula is C24H31N3O. The summed E-state index contributed by atoms with van der Waals surface area (Å²) in [5.74, 6) is 0. The van der Waals surface area contributed by atoms with Gasteiger partial charge in [0.15, 0.2) is 0 Å². The Morgan fingerprint density at radius 3 is 2.39 bits per heavy atom. The van der Waals surface area contributed by atoms with Gasteiger partial charge < -0.3 is 15.1 Å². The molecule has 1 aliphatic heterocycles. The number of carbonyl (C=O) groups is 1. The second-order valence-corrected chi connectivity index (χ2v) is 7.50. The van der Waals surface area contributed by atoms with E-state index in [9.17, 15) is 4.79 Å². The van der Waals surface area contributed by atoms with Gasteiger partial charge in [0.1, 0.15) is 0 Å². The maximum absolute atomic E-state index is 13.0. The molecule has 0 radical (unpaired) electrons. The van der Waals surface area contributed by atoms with Crippen LogP contribution in [-0.4, -0.2) is 48.6 Å². The van der Waals surface area contributed by atoms with Crippen molar-refractivity contribution < 1.29 is 4.79 Å². The summed E-state index contributed by atoms with van der Waals surface area (Å²) < 4.78 is 0. The molecule has 2 aromatic rings. The van der Waals surface area contributed by atoms with Crippen LogP contribution in [0.2, 0.25) is 0 Å². The van der Waals surface area contributed by atoms with Crippen LogP contribution in [0.4, 0.5) is 10.5 Å². The Morgan fingerprint density at radius 1 is 1.04 bits per heavy atom. The van der Waals surface area contributed by atoms with E-state index >= 15 is 0 Å². The van der Waals surface area contributed by atoms with Crippen molar-refractivity contribution in [2.75, 3.05) is 38.0 Å². The maximum atomic E-state index is 13.0. The second kappa shape index (κ2) is 10.1. The molecule has 28 heavy (non-hydrogen) atoms. The van der Waals surface area contributed by atoms with E-state index in [-0.39, 0.29) is 6.03 Å². The van der Waals surface area contributed by atoms with Crippen molar-refractivity contribution in [3.05, 3.63) is 71.3 Å². The van der Waals surface area contributed by atoms with Gasteiger partial charge in [-0.25, -0.2) is 4.79 Å². The lowest BCUT2D eigenvalue weighted by Crippen LogP contribution is -2.40. The van der Waals surface area contributed by atoms with Crippen LogP contribution in [-0.2, 0) is 0 Å². The number of benzene rings is 2. The fourth-order valence-corrected chi connectivity index (χ4v) is 3.62. The van der Waals surface area contributed by atoms with Crippen molar-refractivity contribution in [3.8, 4) is 0 Å². The smallest absolute Gasteiger partial charge is 0.320 e. The molecule has 0 bridgehead atoms. The third kappa shape index (κ3) is 5.70. The first-order chi connectivity index (χ1) is 13.6. The summed E-state index contributed by atoms with van der Waals surface area (Å²) >= 11 is 0. The number of para-hydroxylation sites is 1. The van der Waals surface area contributed by atoms with Crippen LogP contribution in [0.5, 0.6) is 0 Å². The number of rotatable bonds is 7. The molecule has 4 heteroatoms. The van der Waals surface area contributed by atoms with Crippen molar-refractivity contribution in [2.45, 2.75) is 26.7 Å². The first-order valence-corrected chi connectivity index (χ1v) is 10.2. The lowest BCUT2D eigenvalue weighted by Gasteiger charge is -2.25. The topological polar surface area (TPSA) is 35.6 Å². The normalized spacial score (nSPS) is 14.5. The fraction of sp³-hybridized carbons (Fsp3) is 0.375. The third-order valence-corrected chi connectivity index (χ3v) is 5.32. The van der Waals surface area contributed by atoms with Crippen molar-refractivity contribution in [2.24, 2.45) is 0 Å². The van der Waals surface area contributed by atoms with E-state index in [2.05, 4.69) is 34.5 Å². The van der Waals surface area contributed by atoms with E-state index in [1.165, 1.54) is 12.8 Å². The van der Waals surface area contributed by atoms with E-state index in [4.69, 9.17) is 0 Å². The Kier molecular flexibility index (Phi) is 7.26. The number of aryl methyl sites for hydroxylation is 2. The number of anilines is 1. The summed E-state index contributed by atoms with van der Waals surface area (Å²) in [5, 5.41) is 3.14. The number of nitrogens with zero attached hydrogens (tertiary/aromatic N) is 2. The minimum absolute atomic E-state index is 0.0330. The highest BCUT2D eigenvalue weighted by Gasteiger charge is 2.17. The number of carbonyl (C=O) groups excluding carboxylic acids is 1. The molecule has 2 amide bonds. The minimum atomic E-state index is -0.0330. The zero-order chi connectivity index (χ0) is 19.8. The molecule has 0 unspecified atom stereocenters. The fourth-order valence-electron chi connectivity index (χ4n) is 3.62. The monoisotopic (exact) mass is 377 g/mol. The average molecular weight is 378 g/mol. The van der Waals surface area contributed by atoms with Crippen molar-refractivity contribution in [1.29, 1.82) is 0 Å². The predicted octanol–water partition coefficient (Wildman–Crippen LogP) is 4.95. The van der Waals surface area contributed by atoms with E-state index in [1.807, 2.05) is 55.1 Å². The molecule has 1 aliphatic rings.